The van der Waals surface area contributed by atoms with Gasteiger partial charge in [0.05, 0.1) is 0 Å². The second kappa shape index (κ2) is 6.72. The van der Waals surface area contributed by atoms with Crippen LogP contribution in [-0.4, -0.2) is 43.0 Å². The highest BCUT2D eigenvalue weighted by Crippen LogP contribution is 2.26. The summed E-state index contributed by atoms with van der Waals surface area (Å²) in [7, 11) is -14.2. The molecule has 0 rings (SSSR count). The summed E-state index contributed by atoms with van der Waals surface area (Å²) in [5.41, 5.74) is 0. The smallest absolute Gasteiger partial charge is 0.369 e. The maximum absolute atomic E-state index is 13.8. The first-order valence-corrected chi connectivity index (χ1v) is 21.0. The molecule has 0 N–H and O–H groups in total. The second-order valence-corrected chi connectivity index (χ2v) is 24.5. The van der Waals surface area contributed by atoms with E-state index in [1.54, 1.807) is 0 Å². The van der Waals surface area contributed by atoms with Crippen molar-refractivity contribution in [3.05, 3.63) is 0 Å². The van der Waals surface area contributed by atoms with Gasteiger partial charge in [-0.25, -0.2) is 0 Å². The monoisotopic (exact) mass is 392 g/mol. The Balaban J connectivity index is 4.83. The molecule has 21 heavy (non-hydrogen) atoms. The number of rotatable bonds is 8. The number of hydrogen-bond donors (Lipinski definition) is 0. The SMILES string of the molecule is C[Si](C)(F)O[Si](C)(C)O[Si](C)(C)O[Si](C)(C)O[Si](C)(C)F. The van der Waals surface area contributed by atoms with Crippen molar-refractivity contribution in [3.63, 3.8) is 0 Å². The average molecular weight is 393 g/mol. The Morgan fingerprint density at radius 1 is 0.429 bits per heavy atom. The zero-order valence-electron chi connectivity index (χ0n) is 14.9. The molecule has 11 heteroatoms. The van der Waals surface area contributed by atoms with Crippen molar-refractivity contribution >= 4 is 43.0 Å². The Hall–Kier alpha value is 0.784. The first-order valence-electron chi connectivity index (χ1n) is 7.01. The third kappa shape index (κ3) is 11.9. The Bertz CT molecular complexity index is 320. The van der Waals surface area contributed by atoms with Crippen LogP contribution >= 0.6 is 0 Å². The van der Waals surface area contributed by atoms with Crippen LogP contribution in [0.4, 0.5) is 8.22 Å². The van der Waals surface area contributed by atoms with Gasteiger partial charge in [0.2, 0.25) is 0 Å². The second-order valence-electron chi connectivity index (χ2n) is 7.33. The van der Waals surface area contributed by atoms with Crippen LogP contribution in [0.25, 0.3) is 0 Å². The first-order chi connectivity index (χ1) is 8.83. The quantitative estimate of drug-likeness (QED) is 0.450. The van der Waals surface area contributed by atoms with Crippen molar-refractivity contribution in [1.29, 1.82) is 0 Å². The number of hydrogen-bond acceptors (Lipinski definition) is 4. The maximum Gasteiger partial charge on any atom is 0.369 e. The van der Waals surface area contributed by atoms with Crippen LogP contribution in [0.2, 0.25) is 65.5 Å². The van der Waals surface area contributed by atoms with Gasteiger partial charge in [0.15, 0.2) is 0 Å². The fourth-order valence-corrected chi connectivity index (χ4v) is 22.9. The van der Waals surface area contributed by atoms with E-state index in [0.717, 1.165) is 0 Å². The molecule has 0 heterocycles. The van der Waals surface area contributed by atoms with Crippen LogP contribution < -0.4 is 0 Å². The van der Waals surface area contributed by atoms with Gasteiger partial charge in [-0.2, -0.15) is 0 Å². The molecule has 0 aromatic carbocycles. The minimum absolute atomic E-state index is 1.49. The fraction of sp³-hybridized carbons (Fsp3) is 1.00. The van der Waals surface area contributed by atoms with E-state index in [9.17, 15) is 8.22 Å². The minimum Gasteiger partial charge on any atom is -0.416 e. The Morgan fingerprint density at radius 2 is 0.619 bits per heavy atom. The average Bonchev–Trinajstić information content (AvgIpc) is 1.83. The third-order valence-corrected chi connectivity index (χ3v) is 17.6. The Labute approximate surface area is 133 Å². The third-order valence-electron chi connectivity index (χ3n) is 1.96. The predicted octanol–water partition coefficient (Wildman–Crippen LogP) is 4.50. The molecule has 0 aliphatic rings. The van der Waals surface area contributed by atoms with Crippen molar-refractivity contribution < 1.29 is 24.7 Å². The molecule has 0 amide bonds. The lowest BCUT2D eigenvalue weighted by molar-refractivity contribution is 0.286. The standard InChI is InChI=1S/C10H30F2O4Si5/c1-17(2,11)13-19(5,6)15-21(9,10)16-20(7,8)14-18(3,4)12/h1-10H3. The molecule has 0 saturated heterocycles. The lowest BCUT2D eigenvalue weighted by atomic mass is 11.9. The van der Waals surface area contributed by atoms with E-state index in [1.165, 1.54) is 26.2 Å². The summed E-state index contributed by atoms with van der Waals surface area (Å²) in [5, 5.41) is 0. The van der Waals surface area contributed by atoms with E-state index in [-0.39, 0.29) is 0 Å². The zero-order chi connectivity index (χ0) is 17.3. The molecule has 0 aliphatic heterocycles. The summed E-state index contributed by atoms with van der Waals surface area (Å²) in [6.07, 6.45) is 0. The molecule has 0 saturated carbocycles. The molecule has 0 unspecified atom stereocenters. The number of halogens is 2. The van der Waals surface area contributed by atoms with E-state index in [0.29, 0.717) is 0 Å². The van der Waals surface area contributed by atoms with Gasteiger partial charge in [0, 0.05) is 0 Å². The highest BCUT2D eigenvalue weighted by molar-refractivity contribution is 6.89. The largest absolute Gasteiger partial charge is 0.416 e. The fourth-order valence-electron chi connectivity index (χ4n) is 2.42. The van der Waals surface area contributed by atoms with Crippen molar-refractivity contribution in [3.8, 4) is 0 Å². The van der Waals surface area contributed by atoms with E-state index >= 15 is 0 Å². The highest BCUT2D eigenvalue weighted by Gasteiger charge is 2.46. The van der Waals surface area contributed by atoms with E-state index in [2.05, 4.69) is 0 Å². The lowest BCUT2D eigenvalue weighted by Gasteiger charge is -2.39. The molecule has 0 bridgehead atoms. The van der Waals surface area contributed by atoms with E-state index in [4.69, 9.17) is 16.5 Å². The van der Waals surface area contributed by atoms with Crippen LogP contribution in [0.3, 0.4) is 0 Å². The molecular weight excluding hydrogens is 363 g/mol. The molecule has 0 aromatic rings. The van der Waals surface area contributed by atoms with Crippen LogP contribution in [0.15, 0.2) is 0 Å². The molecule has 0 radical (unpaired) electrons. The molecule has 0 fully saturated rings. The normalized spacial score (nSPS) is 15.4. The first kappa shape index (κ1) is 21.8. The Kier molecular flexibility index (Phi) is 6.97. The predicted molar refractivity (Wildman–Crippen MR) is 94.0 cm³/mol. The summed E-state index contributed by atoms with van der Waals surface area (Å²) in [5.74, 6) is 0. The highest BCUT2D eigenvalue weighted by atomic mass is 28.5. The molecule has 0 spiro atoms. The molecule has 4 nitrogen and oxygen atoms in total. The van der Waals surface area contributed by atoms with E-state index in [1.807, 2.05) is 39.3 Å². The van der Waals surface area contributed by atoms with Gasteiger partial charge in [-0.1, -0.05) is 0 Å². The van der Waals surface area contributed by atoms with Gasteiger partial charge in [0.1, 0.15) is 0 Å². The van der Waals surface area contributed by atoms with Gasteiger partial charge in [-0.3, -0.25) is 8.22 Å². The van der Waals surface area contributed by atoms with Gasteiger partial charge in [-0.05, 0) is 65.5 Å². The Morgan fingerprint density at radius 3 is 0.810 bits per heavy atom. The van der Waals surface area contributed by atoms with Crippen molar-refractivity contribution in [2.24, 2.45) is 0 Å². The topological polar surface area (TPSA) is 36.9 Å². The van der Waals surface area contributed by atoms with Crippen LogP contribution in [0.5, 0.6) is 0 Å². The van der Waals surface area contributed by atoms with Crippen LogP contribution in [-0.2, 0) is 16.5 Å². The minimum atomic E-state index is -3.16. The van der Waals surface area contributed by atoms with Crippen LogP contribution in [0, 0.1) is 0 Å². The van der Waals surface area contributed by atoms with Crippen molar-refractivity contribution in [2.75, 3.05) is 0 Å². The molecular formula is C10H30F2O4Si5. The van der Waals surface area contributed by atoms with Gasteiger partial charge >= 0.3 is 43.0 Å². The summed E-state index contributed by atoms with van der Waals surface area (Å²) in [4.78, 5) is 0. The van der Waals surface area contributed by atoms with Gasteiger partial charge < -0.3 is 16.5 Å². The lowest BCUT2D eigenvalue weighted by Crippen LogP contribution is -2.57. The molecule has 0 aliphatic carbocycles. The summed E-state index contributed by atoms with van der Waals surface area (Å²) in [6, 6.07) is 0. The van der Waals surface area contributed by atoms with Gasteiger partial charge in [0.25, 0.3) is 0 Å². The molecule has 128 valence electrons. The summed E-state index contributed by atoms with van der Waals surface area (Å²) in [6.45, 7) is 16.9. The summed E-state index contributed by atoms with van der Waals surface area (Å²) < 4.78 is 50.7. The van der Waals surface area contributed by atoms with Crippen molar-refractivity contribution in [1.82, 2.24) is 0 Å². The maximum atomic E-state index is 13.8. The van der Waals surface area contributed by atoms with Crippen molar-refractivity contribution in [2.45, 2.75) is 65.5 Å². The van der Waals surface area contributed by atoms with Crippen LogP contribution in [0.1, 0.15) is 0 Å². The molecule has 0 atom stereocenters. The van der Waals surface area contributed by atoms with E-state index < -0.39 is 43.0 Å². The zero-order valence-corrected chi connectivity index (χ0v) is 19.9. The van der Waals surface area contributed by atoms with Gasteiger partial charge in [-0.15, -0.1) is 0 Å². The summed E-state index contributed by atoms with van der Waals surface area (Å²) >= 11 is 0. The molecule has 0 aromatic heterocycles.